The number of esters is 2. The molecule has 1 heterocycles. The number of rotatable bonds is 40. The van der Waals surface area contributed by atoms with Crippen LogP contribution in [-0.4, -0.2) is 96.0 Å². The second-order valence-corrected chi connectivity index (χ2v) is 18.2. The molecule has 0 bridgehead atoms. The van der Waals surface area contributed by atoms with Gasteiger partial charge in [0, 0.05) is 12.8 Å². The van der Waals surface area contributed by atoms with Gasteiger partial charge in [-0.25, -0.2) is 0 Å². The Morgan fingerprint density at radius 2 is 0.984 bits per heavy atom. The molecule has 1 rings (SSSR count). The number of aliphatic hydroxyl groups is 3. The zero-order valence-corrected chi connectivity index (χ0v) is 40.2. The summed E-state index contributed by atoms with van der Waals surface area (Å²) in [6.07, 6.45) is 42.4. The van der Waals surface area contributed by atoms with Crippen molar-refractivity contribution in [3.05, 3.63) is 72.9 Å². The van der Waals surface area contributed by atoms with E-state index < -0.39 is 71.2 Å². The Balaban J connectivity index is 2.46. The number of carbonyl (C=O) groups excluding carboxylic acids is 2. The van der Waals surface area contributed by atoms with Crippen molar-refractivity contribution < 1.29 is 56.8 Å². The van der Waals surface area contributed by atoms with E-state index in [2.05, 4.69) is 68.5 Å². The maximum Gasteiger partial charge on any atom is 0.306 e. The number of hydrogen-bond donors (Lipinski definition) is 4. The molecule has 1 fully saturated rings. The highest BCUT2D eigenvalue weighted by atomic mass is 32.2. The summed E-state index contributed by atoms with van der Waals surface area (Å²) in [5, 5.41) is 30.9. The highest BCUT2D eigenvalue weighted by molar-refractivity contribution is 7.85. The molecule has 0 aromatic heterocycles. The van der Waals surface area contributed by atoms with Gasteiger partial charge in [-0.15, -0.1) is 0 Å². The third kappa shape index (κ3) is 34.4. The second-order valence-electron chi connectivity index (χ2n) is 16.8. The molecule has 0 aromatic carbocycles. The van der Waals surface area contributed by atoms with Crippen molar-refractivity contribution in [1.82, 2.24) is 0 Å². The van der Waals surface area contributed by atoms with Gasteiger partial charge in [0.05, 0.1) is 6.61 Å². The smallest absolute Gasteiger partial charge is 0.306 e. The van der Waals surface area contributed by atoms with Crippen LogP contribution in [0.3, 0.4) is 0 Å². The van der Waals surface area contributed by atoms with Gasteiger partial charge in [0.15, 0.2) is 12.4 Å². The molecule has 0 aliphatic carbocycles. The standard InChI is InChI=1S/C51H86O12S/c1-3-5-7-9-11-13-15-17-19-21-22-24-26-28-30-32-34-36-38-40-47(53)62-44(42-61-51-50(56)49(55)48(54)45(63-51)43-64(57,58)59)41-60-46(52)39-37-35-33-31-29-27-25-23-20-18-16-14-12-10-8-6-4-2/h5,7,11,13,17,19,22,24,28,30,34,36,44-45,48-51,54-56H,3-4,6,8-10,12,14-16,18,20-21,23,25-27,29,31-33,35,37-43H2,1-2H3,(H,57,58,59)/b7-5-,13-11-,19-17-,24-22-,30-28-,36-34-. The minimum Gasteiger partial charge on any atom is -0.462 e. The fourth-order valence-corrected chi connectivity index (χ4v) is 7.75. The minimum atomic E-state index is -4.62. The summed E-state index contributed by atoms with van der Waals surface area (Å²) in [5.74, 6) is -2.09. The molecule has 4 N–H and O–H groups in total. The Morgan fingerprint density at radius 3 is 1.44 bits per heavy atom. The number of hydrogen-bond acceptors (Lipinski definition) is 11. The van der Waals surface area contributed by atoms with Crippen molar-refractivity contribution in [1.29, 1.82) is 0 Å². The summed E-state index contributed by atoms with van der Waals surface area (Å²) in [4.78, 5) is 25.4. The molecule has 6 unspecified atom stereocenters. The average Bonchev–Trinajstić information content (AvgIpc) is 3.26. The minimum absolute atomic E-state index is 0.0375. The van der Waals surface area contributed by atoms with Crippen LogP contribution in [0.4, 0.5) is 0 Å². The Morgan fingerprint density at radius 1 is 0.547 bits per heavy atom. The number of ether oxygens (including phenoxy) is 4. The molecule has 64 heavy (non-hydrogen) atoms. The fraction of sp³-hybridized carbons (Fsp3) is 0.725. The van der Waals surface area contributed by atoms with Crippen molar-refractivity contribution >= 4 is 22.1 Å². The van der Waals surface area contributed by atoms with Crippen LogP contribution in [0.25, 0.3) is 0 Å². The molecule has 0 radical (unpaired) electrons. The first-order valence-electron chi connectivity index (χ1n) is 24.5. The monoisotopic (exact) mass is 923 g/mol. The van der Waals surface area contributed by atoms with Crippen LogP contribution < -0.4 is 0 Å². The van der Waals surface area contributed by atoms with E-state index in [0.29, 0.717) is 19.3 Å². The molecule has 0 saturated carbocycles. The zero-order chi connectivity index (χ0) is 46.9. The number of allylic oxidation sites excluding steroid dienone is 12. The first kappa shape index (κ1) is 59.1. The van der Waals surface area contributed by atoms with E-state index in [9.17, 15) is 37.9 Å². The van der Waals surface area contributed by atoms with Gasteiger partial charge in [0.2, 0.25) is 0 Å². The topological polar surface area (TPSA) is 186 Å². The Bertz CT molecular complexity index is 1450. The molecule has 1 saturated heterocycles. The molecule has 13 heteroatoms. The molecule has 0 amide bonds. The van der Waals surface area contributed by atoms with Crippen LogP contribution in [0.15, 0.2) is 72.9 Å². The molecular formula is C51H86O12S. The molecule has 0 spiro atoms. The van der Waals surface area contributed by atoms with Crippen molar-refractivity contribution in [3.8, 4) is 0 Å². The summed E-state index contributed by atoms with van der Waals surface area (Å²) in [7, 11) is -4.62. The summed E-state index contributed by atoms with van der Waals surface area (Å²) in [6, 6.07) is 0. The highest BCUT2D eigenvalue weighted by Crippen LogP contribution is 2.24. The Kier molecular flexibility index (Phi) is 37.3. The summed E-state index contributed by atoms with van der Waals surface area (Å²) in [5.41, 5.74) is 0. The van der Waals surface area contributed by atoms with Gasteiger partial charge < -0.3 is 34.3 Å². The Labute approximate surface area is 387 Å². The highest BCUT2D eigenvalue weighted by Gasteiger charge is 2.46. The predicted octanol–water partition coefficient (Wildman–Crippen LogP) is 10.7. The fourth-order valence-electron chi connectivity index (χ4n) is 7.06. The maximum atomic E-state index is 12.8. The van der Waals surface area contributed by atoms with E-state index in [0.717, 1.165) is 51.4 Å². The largest absolute Gasteiger partial charge is 0.462 e. The van der Waals surface area contributed by atoms with Crippen molar-refractivity contribution in [3.63, 3.8) is 0 Å². The first-order valence-corrected chi connectivity index (χ1v) is 26.1. The number of aliphatic hydroxyl groups excluding tert-OH is 3. The maximum absolute atomic E-state index is 12.8. The zero-order valence-electron chi connectivity index (χ0n) is 39.4. The van der Waals surface area contributed by atoms with Gasteiger partial charge in [-0.2, -0.15) is 8.42 Å². The number of carbonyl (C=O) groups is 2. The lowest BCUT2D eigenvalue weighted by molar-refractivity contribution is -0.297. The van der Waals surface area contributed by atoms with Crippen LogP contribution in [0.5, 0.6) is 0 Å². The third-order valence-corrected chi connectivity index (χ3v) is 11.6. The quantitative estimate of drug-likeness (QED) is 0.0198. The van der Waals surface area contributed by atoms with Crippen LogP contribution in [0.2, 0.25) is 0 Å². The van der Waals surface area contributed by atoms with Crippen LogP contribution in [0.1, 0.15) is 181 Å². The lowest BCUT2D eigenvalue weighted by Crippen LogP contribution is -2.60. The van der Waals surface area contributed by atoms with Crippen LogP contribution in [-0.2, 0) is 38.7 Å². The van der Waals surface area contributed by atoms with Gasteiger partial charge in [-0.3, -0.25) is 14.1 Å². The van der Waals surface area contributed by atoms with Crippen LogP contribution >= 0.6 is 0 Å². The molecular weight excluding hydrogens is 837 g/mol. The predicted molar refractivity (Wildman–Crippen MR) is 256 cm³/mol. The van der Waals surface area contributed by atoms with Crippen molar-refractivity contribution in [2.45, 2.75) is 218 Å². The molecule has 1 aliphatic heterocycles. The molecule has 368 valence electrons. The second kappa shape index (κ2) is 40.4. The van der Waals surface area contributed by atoms with Gasteiger partial charge in [-0.1, -0.05) is 189 Å². The molecule has 6 atom stereocenters. The van der Waals surface area contributed by atoms with Gasteiger partial charge in [0.25, 0.3) is 10.1 Å². The number of unbranched alkanes of at least 4 members (excludes halogenated alkanes) is 16. The summed E-state index contributed by atoms with van der Waals surface area (Å²) < 4.78 is 54.1. The van der Waals surface area contributed by atoms with Gasteiger partial charge in [-0.05, 0) is 51.4 Å². The molecule has 1 aliphatic rings. The normalized spacial score (nSPS) is 20.2. The summed E-state index contributed by atoms with van der Waals surface area (Å²) in [6.45, 7) is 3.60. The lowest BCUT2D eigenvalue weighted by atomic mass is 10.00. The van der Waals surface area contributed by atoms with E-state index in [1.165, 1.54) is 83.5 Å². The SMILES string of the molecule is CC/C=C\C/C=C\C/C=C\C/C=C\C/C=C\C/C=C\CCC(=O)OC(COC(=O)CCCCCCCCCCCCCCCCCCC)COC1OC(CS(=O)(=O)O)C(O)C(O)C1O. The van der Waals surface area contributed by atoms with Crippen LogP contribution in [0, 0.1) is 0 Å². The molecule has 12 nitrogen and oxygen atoms in total. The van der Waals surface area contributed by atoms with E-state index >= 15 is 0 Å². The van der Waals surface area contributed by atoms with Gasteiger partial charge >= 0.3 is 11.9 Å². The van der Waals surface area contributed by atoms with E-state index in [4.69, 9.17) is 18.9 Å². The average molecular weight is 923 g/mol. The lowest BCUT2D eigenvalue weighted by Gasteiger charge is -2.40. The van der Waals surface area contributed by atoms with Crippen molar-refractivity contribution in [2.75, 3.05) is 19.0 Å². The van der Waals surface area contributed by atoms with Crippen molar-refractivity contribution in [2.24, 2.45) is 0 Å². The third-order valence-electron chi connectivity index (χ3n) is 10.8. The first-order chi connectivity index (χ1) is 31.0. The van der Waals surface area contributed by atoms with E-state index in [1.54, 1.807) is 0 Å². The summed E-state index contributed by atoms with van der Waals surface area (Å²) >= 11 is 0. The van der Waals surface area contributed by atoms with E-state index in [-0.39, 0.29) is 19.4 Å². The molecule has 0 aromatic rings. The van der Waals surface area contributed by atoms with E-state index in [1.807, 2.05) is 18.2 Å². The Hall–Kier alpha value is -2.91. The van der Waals surface area contributed by atoms with Gasteiger partial charge in [0.1, 0.15) is 36.8 Å².